The molecule has 7 heteroatoms. The average Bonchev–Trinajstić information content (AvgIpc) is 3.10. The molecule has 24 heavy (non-hydrogen) atoms. The zero-order valence-electron chi connectivity index (χ0n) is 13.3. The van der Waals surface area contributed by atoms with E-state index in [2.05, 4.69) is 5.32 Å². The summed E-state index contributed by atoms with van der Waals surface area (Å²) in [6.45, 7) is 1.79. The molecule has 0 unspecified atom stereocenters. The second-order valence-electron chi connectivity index (χ2n) is 6.17. The highest BCUT2D eigenvalue weighted by Crippen LogP contribution is 2.27. The standard InChI is InChI=1S/C17H20Cl2N2O3/c18-12-3-1-4-13(19)15(12)17(23)21-8-6-11(7-9-21)20-16(22)14-5-2-10-24-14/h1,3-4,11,14H,2,5-10H2,(H,20,22)/t14-/m0/s1. The lowest BCUT2D eigenvalue weighted by atomic mass is 10.0. The Morgan fingerprint density at radius 1 is 1.12 bits per heavy atom. The molecule has 2 fully saturated rings. The lowest BCUT2D eigenvalue weighted by Gasteiger charge is -2.33. The number of piperidine rings is 1. The molecule has 2 aliphatic rings. The molecule has 1 N–H and O–H groups in total. The number of nitrogens with zero attached hydrogens (tertiary/aromatic N) is 1. The van der Waals surface area contributed by atoms with Crippen molar-refractivity contribution in [1.82, 2.24) is 10.2 Å². The number of halogens is 2. The van der Waals surface area contributed by atoms with Crippen LogP contribution in [0.4, 0.5) is 0 Å². The number of hydrogen-bond acceptors (Lipinski definition) is 3. The molecule has 130 valence electrons. The molecule has 3 rings (SSSR count). The summed E-state index contributed by atoms with van der Waals surface area (Å²) in [6, 6.07) is 5.12. The van der Waals surface area contributed by atoms with Crippen LogP contribution in [0.5, 0.6) is 0 Å². The second kappa shape index (κ2) is 7.72. The number of likely N-dealkylation sites (tertiary alicyclic amines) is 1. The maximum atomic E-state index is 12.6. The first-order valence-corrected chi connectivity index (χ1v) is 8.97. The first-order chi connectivity index (χ1) is 11.6. The van der Waals surface area contributed by atoms with E-state index < -0.39 is 0 Å². The minimum atomic E-state index is -0.313. The minimum Gasteiger partial charge on any atom is -0.368 e. The number of carbonyl (C=O) groups excluding carboxylic acids is 2. The SMILES string of the molecule is O=C(NC1CCN(C(=O)c2c(Cl)cccc2Cl)CC1)[C@@H]1CCCO1. The van der Waals surface area contributed by atoms with Gasteiger partial charge in [0.05, 0.1) is 15.6 Å². The van der Waals surface area contributed by atoms with Crippen LogP contribution < -0.4 is 5.32 Å². The van der Waals surface area contributed by atoms with Crippen LogP contribution >= 0.6 is 23.2 Å². The van der Waals surface area contributed by atoms with Gasteiger partial charge in [-0.15, -0.1) is 0 Å². The molecule has 0 aromatic heterocycles. The van der Waals surface area contributed by atoms with E-state index in [1.807, 2.05) is 0 Å². The van der Waals surface area contributed by atoms with Crippen molar-refractivity contribution in [2.45, 2.75) is 37.8 Å². The van der Waals surface area contributed by atoms with E-state index in [1.165, 1.54) is 0 Å². The first-order valence-electron chi connectivity index (χ1n) is 8.21. The minimum absolute atomic E-state index is 0.0357. The highest BCUT2D eigenvalue weighted by molar-refractivity contribution is 6.39. The Hall–Kier alpha value is -1.30. The predicted octanol–water partition coefficient (Wildman–Crippen LogP) is 2.89. The van der Waals surface area contributed by atoms with Crippen molar-refractivity contribution in [2.24, 2.45) is 0 Å². The zero-order valence-corrected chi connectivity index (χ0v) is 14.8. The monoisotopic (exact) mass is 370 g/mol. The largest absolute Gasteiger partial charge is 0.368 e. The summed E-state index contributed by atoms with van der Waals surface area (Å²) in [4.78, 5) is 26.5. The molecule has 1 aromatic rings. The molecule has 0 saturated carbocycles. The number of ether oxygens (including phenoxy) is 1. The highest BCUT2D eigenvalue weighted by Gasteiger charge is 2.29. The number of amides is 2. The fourth-order valence-electron chi connectivity index (χ4n) is 3.17. The lowest BCUT2D eigenvalue weighted by molar-refractivity contribution is -0.131. The Labute approximate surface area is 151 Å². The van der Waals surface area contributed by atoms with Crippen molar-refractivity contribution in [2.75, 3.05) is 19.7 Å². The van der Waals surface area contributed by atoms with Crippen LogP contribution in [0.15, 0.2) is 18.2 Å². The molecule has 0 bridgehead atoms. The van der Waals surface area contributed by atoms with Crippen LogP contribution in [0.1, 0.15) is 36.0 Å². The average molecular weight is 371 g/mol. The third-order valence-electron chi connectivity index (χ3n) is 4.53. The molecule has 1 atom stereocenters. The van der Waals surface area contributed by atoms with Crippen molar-refractivity contribution in [1.29, 1.82) is 0 Å². The molecule has 2 heterocycles. The fraction of sp³-hybridized carbons (Fsp3) is 0.529. The Bertz CT molecular complexity index is 604. The number of benzene rings is 1. The van der Waals surface area contributed by atoms with Crippen molar-refractivity contribution in [3.63, 3.8) is 0 Å². The van der Waals surface area contributed by atoms with Gasteiger partial charge in [0.1, 0.15) is 6.10 Å². The fourth-order valence-corrected chi connectivity index (χ4v) is 3.72. The van der Waals surface area contributed by atoms with Gasteiger partial charge in [-0.2, -0.15) is 0 Å². The topological polar surface area (TPSA) is 58.6 Å². The van der Waals surface area contributed by atoms with E-state index >= 15 is 0 Å². The molecule has 2 saturated heterocycles. The van der Waals surface area contributed by atoms with Crippen molar-refractivity contribution >= 4 is 35.0 Å². The summed E-state index contributed by atoms with van der Waals surface area (Å²) in [7, 11) is 0. The summed E-state index contributed by atoms with van der Waals surface area (Å²) < 4.78 is 5.39. The van der Waals surface area contributed by atoms with Crippen molar-refractivity contribution in [3.8, 4) is 0 Å². The smallest absolute Gasteiger partial charge is 0.256 e. The van der Waals surface area contributed by atoms with Gasteiger partial charge >= 0.3 is 0 Å². The van der Waals surface area contributed by atoms with Gasteiger partial charge in [-0.1, -0.05) is 29.3 Å². The van der Waals surface area contributed by atoms with E-state index in [-0.39, 0.29) is 24.0 Å². The Morgan fingerprint density at radius 2 is 1.79 bits per heavy atom. The van der Waals surface area contributed by atoms with Gasteiger partial charge in [0.25, 0.3) is 5.91 Å². The highest BCUT2D eigenvalue weighted by atomic mass is 35.5. The van der Waals surface area contributed by atoms with Gasteiger partial charge in [-0.05, 0) is 37.8 Å². The molecule has 2 amide bonds. The quantitative estimate of drug-likeness (QED) is 0.889. The van der Waals surface area contributed by atoms with Gasteiger partial charge < -0.3 is 15.0 Å². The summed E-state index contributed by atoms with van der Waals surface area (Å²) >= 11 is 12.2. The van der Waals surface area contributed by atoms with Crippen LogP contribution in [0, 0.1) is 0 Å². The van der Waals surface area contributed by atoms with E-state index in [4.69, 9.17) is 27.9 Å². The zero-order chi connectivity index (χ0) is 17.1. The maximum Gasteiger partial charge on any atom is 0.256 e. The van der Waals surface area contributed by atoms with Crippen LogP contribution in [0.3, 0.4) is 0 Å². The van der Waals surface area contributed by atoms with Crippen molar-refractivity contribution < 1.29 is 14.3 Å². The van der Waals surface area contributed by atoms with E-state index in [0.29, 0.717) is 48.1 Å². The number of carbonyl (C=O) groups is 2. The number of hydrogen-bond donors (Lipinski definition) is 1. The number of rotatable bonds is 3. The number of nitrogens with one attached hydrogen (secondary N) is 1. The third-order valence-corrected chi connectivity index (χ3v) is 5.16. The third kappa shape index (κ3) is 3.85. The van der Waals surface area contributed by atoms with Crippen LogP contribution in [0.2, 0.25) is 10.0 Å². The summed E-state index contributed by atoms with van der Waals surface area (Å²) in [5.74, 6) is -0.194. The normalized spacial score (nSPS) is 21.8. The van der Waals surface area contributed by atoms with Crippen LogP contribution in [-0.4, -0.2) is 48.6 Å². The van der Waals surface area contributed by atoms with Crippen LogP contribution in [0.25, 0.3) is 0 Å². The summed E-state index contributed by atoms with van der Waals surface area (Å²) in [5, 5.41) is 3.75. The Kier molecular flexibility index (Phi) is 5.64. The first kappa shape index (κ1) is 17.5. The van der Waals surface area contributed by atoms with Gasteiger partial charge in [0.15, 0.2) is 0 Å². The Morgan fingerprint density at radius 3 is 2.38 bits per heavy atom. The predicted molar refractivity (Wildman–Crippen MR) is 92.5 cm³/mol. The summed E-state index contributed by atoms with van der Waals surface area (Å²) in [6.07, 6.45) is 2.84. The van der Waals surface area contributed by atoms with E-state index in [0.717, 1.165) is 12.8 Å². The Balaban J connectivity index is 1.55. The van der Waals surface area contributed by atoms with Crippen LogP contribution in [-0.2, 0) is 9.53 Å². The van der Waals surface area contributed by atoms with Gasteiger partial charge in [-0.25, -0.2) is 0 Å². The van der Waals surface area contributed by atoms with Gasteiger partial charge in [-0.3, -0.25) is 9.59 Å². The molecule has 5 nitrogen and oxygen atoms in total. The van der Waals surface area contributed by atoms with Gasteiger partial charge in [0.2, 0.25) is 5.91 Å². The van der Waals surface area contributed by atoms with E-state index in [1.54, 1.807) is 23.1 Å². The molecule has 1 aromatic carbocycles. The molecular weight excluding hydrogens is 351 g/mol. The second-order valence-corrected chi connectivity index (χ2v) is 6.99. The molecule has 0 spiro atoms. The summed E-state index contributed by atoms with van der Waals surface area (Å²) in [5.41, 5.74) is 0.350. The van der Waals surface area contributed by atoms with E-state index in [9.17, 15) is 9.59 Å². The van der Waals surface area contributed by atoms with Gasteiger partial charge in [0, 0.05) is 25.7 Å². The molecular formula is C17H20Cl2N2O3. The van der Waals surface area contributed by atoms with Crippen molar-refractivity contribution in [3.05, 3.63) is 33.8 Å². The molecule has 2 aliphatic heterocycles. The maximum absolute atomic E-state index is 12.6. The molecule has 0 radical (unpaired) electrons. The molecule has 0 aliphatic carbocycles. The lowest BCUT2D eigenvalue weighted by Crippen LogP contribution is -2.48.